The molecule has 7 heteroatoms. The van der Waals surface area contributed by atoms with Gasteiger partial charge in [-0.1, -0.05) is 5.92 Å². The third-order valence-corrected chi connectivity index (χ3v) is 3.85. The molecule has 0 saturated heterocycles. The van der Waals surface area contributed by atoms with Gasteiger partial charge in [-0.3, -0.25) is 14.5 Å². The highest BCUT2D eigenvalue weighted by molar-refractivity contribution is 7.80. The quantitative estimate of drug-likeness (QED) is 0.414. The van der Waals surface area contributed by atoms with Gasteiger partial charge in [0.25, 0.3) is 0 Å². The van der Waals surface area contributed by atoms with Crippen molar-refractivity contribution in [2.75, 3.05) is 25.4 Å². The van der Waals surface area contributed by atoms with E-state index in [0.29, 0.717) is 25.4 Å². The van der Waals surface area contributed by atoms with E-state index in [0.717, 1.165) is 0 Å². The van der Waals surface area contributed by atoms with Crippen molar-refractivity contribution in [3.8, 4) is 18.1 Å². The summed E-state index contributed by atoms with van der Waals surface area (Å²) in [5.41, 5.74) is 0.0516. The zero-order chi connectivity index (χ0) is 17.4. The molecule has 1 aromatic rings. The standard InChI is InChI=1S/C16H22N2O4S/c1-4-7-18(13(11-23)16(21)22-5-2)10-9-17-8-6-14(19)15(20)12(17)3/h1,6,8,13,20,23H,5,7,9-11H2,2-3H3. The van der Waals surface area contributed by atoms with E-state index in [9.17, 15) is 14.7 Å². The summed E-state index contributed by atoms with van der Waals surface area (Å²) in [5, 5.41) is 9.70. The van der Waals surface area contributed by atoms with Crippen LogP contribution in [0.25, 0.3) is 0 Å². The second-order valence-corrected chi connectivity index (χ2v) is 5.30. The lowest BCUT2D eigenvalue weighted by Crippen LogP contribution is -2.45. The summed E-state index contributed by atoms with van der Waals surface area (Å²) in [7, 11) is 0. The van der Waals surface area contributed by atoms with Gasteiger partial charge in [-0.2, -0.15) is 12.6 Å². The van der Waals surface area contributed by atoms with Crippen molar-refractivity contribution in [1.29, 1.82) is 0 Å². The van der Waals surface area contributed by atoms with Crippen molar-refractivity contribution in [2.24, 2.45) is 0 Å². The first-order valence-corrected chi connectivity index (χ1v) is 7.93. The number of hydrogen-bond acceptors (Lipinski definition) is 6. The second-order valence-electron chi connectivity index (χ2n) is 4.93. The first-order valence-electron chi connectivity index (χ1n) is 7.30. The van der Waals surface area contributed by atoms with Crippen LogP contribution in [0.15, 0.2) is 17.1 Å². The number of esters is 1. The van der Waals surface area contributed by atoms with Crippen molar-refractivity contribution in [1.82, 2.24) is 9.47 Å². The zero-order valence-corrected chi connectivity index (χ0v) is 14.3. The molecule has 0 fully saturated rings. The Bertz CT molecular complexity index is 636. The minimum Gasteiger partial charge on any atom is -0.503 e. The fraction of sp³-hybridized carbons (Fsp3) is 0.500. The molecule has 0 bridgehead atoms. The number of rotatable bonds is 8. The molecular formula is C16H22N2O4S. The van der Waals surface area contributed by atoms with E-state index in [1.165, 1.54) is 6.07 Å². The number of carbonyl (C=O) groups excluding carboxylic acids is 1. The van der Waals surface area contributed by atoms with E-state index in [1.54, 1.807) is 29.5 Å². The zero-order valence-electron chi connectivity index (χ0n) is 13.4. The minimum atomic E-state index is -0.539. The Morgan fingerprint density at radius 1 is 1.61 bits per heavy atom. The van der Waals surface area contributed by atoms with Gasteiger partial charge in [-0.05, 0) is 13.8 Å². The Balaban J connectivity index is 2.88. The predicted molar refractivity (Wildman–Crippen MR) is 91.8 cm³/mol. The number of nitrogens with zero attached hydrogens (tertiary/aromatic N) is 2. The van der Waals surface area contributed by atoms with E-state index >= 15 is 0 Å². The molecule has 23 heavy (non-hydrogen) atoms. The molecular weight excluding hydrogens is 316 g/mol. The summed E-state index contributed by atoms with van der Waals surface area (Å²) < 4.78 is 6.78. The molecule has 1 unspecified atom stereocenters. The van der Waals surface area contributed by atoms with Crippen LogP contribution < -0.4 is 5.43 Å². The monoisotopic (exact) mass is 338 g/mol. The van der Waals surface area contributed by atoms with Crippen LogP contribution in [0.3, 0.4) is 0 Å². The number of carbonyl (C=O) groups is 1. The number of aromatic hydroxyl groups is 1. The van der Waals surface area contributed by atoms with E-state index in [4.69, 9.17) is 11.2 Å². The minimum absolute atomic E-state index is 0.271. The van der Waals surface area contributed by atoms with Crippen LogP contribution in [0, 0.1) is 19.3 Å². The molecule has 0 aliphatic carbocycles. The maximum atomic E-state index is 12.0. The van der Waals surface area contributed by atoms with E-state index in [1.807, 2.05) is 0 Å². The van der Waals surface area contributed by atoms with Crippen LogP contribution in [-0.2, 0) is 16.1 Å². The van der Waals surface area contributed by atoms with Crippen molar-refractivity contribution in [3.63, 3.8) is 0 Å². The summed E-state index contributed by atoms with van der Waals surface area (Å²) in [4.78, 5) is 25.2. The summed E-state index contributed by atoms with van der Waals surface area (Å²) in [6.07, 6.45) is 6.98. The fourth-order valence-corrected chi connectivity index (χ4v) is 2.56. The summed E-state index contributed by atoms with van der Waals surface area (Å²) in [6, 6.07) is 0.762. The highest BCUT2D eigenvalue weighted by Crippen LogP contribution is 2.11. The van der Waals surface area contributed by atoms with Gasteiger partial charge in [-0.15, -0.1) is 6.42 Å². The van der Waals surface area contributed by atoms with Gasteiger partial charge >= 0.3 is 5.97 Å². The summed E-state index contributed by atoms with van der Waals surface area (Å²) in [6.45, 7) is 4.88. The maximum Gasteiger partial charge on any atom is 0.324 e. The van der Waals surface area contributed by atoms with Crippen molar-refractivity contribution in [3.05, 3.63) is 28.2 Å². The van der Waals surface area contributed by atoms with Crippen molar-refractivity contribution in [2.45, 2.75) is 26.4 Å². The normalized spacial score (nSPS) is 12.0. The number of hydrogen-bond donors (Lipinski definition) is 2. The van der Waals surface area contributed by atoms with Crippen LogP contribution in [-0.4, -0.2) is 52.0 Å². The van der Waals surface area contributed by atoms with Gasteiger partial charge in [0.2, 0.25) is 5.43 Å². The first-order chi connectivity index (χ1) is 11.0. The SMILES string of the molecule is C#CCN(CCn1ccc(=O)c(O)c1C)C(CS)C(=O)OCC. The highest BCUT2D eigenvalue weighted by Gasteiger charge is 2.25. The number of thiol groups is 1. The highest BCUT2D eigenvalue weighted by atomic mass is 32.1. The molecule has 1 aromatic heterocycles. The second kappa shape index (κ2) is 9.28. The maximum absolute atomic E-state index is 12.0. The van der Waals surface area contributed by atoms with Crippen LogP contribution in [0.4, 0.5) is 0 Å². The average molecular weight is 338 g/mol. The molecule has 1 heterocycles. The molecule has 1 rings (SSSR count). The van der Waals surface area contributed by atoms with Gasteiger partial charge in [0.15, 0.2) is 5.75 Å². The van der Waals surface area contributed by atoms with Crippen LogP contribution in [0.2, 0.25) is 0 Å². The van der Waals surface area contributed by atoms with Gasteiger partial charge in [-0.25, -0.2) is 0 Å². The van der Waals surface area contributed by atoms with Crippen LogP contribution in [0.1, 0.15) is 12.6 Å². The van der Waals surface area contributed by atoms with Crippen molar-refractivity contribution < 1.29 is 14.6 Å². The Kier molecular flexibility index (Phi) is 7.72. The lowest BCUT2D eigenvalue weighted by Gasteiger charge is -2.28. The Labute approximate surface area is 141 Å². The summed E-state index contributed by atoms with van der Waals surface area (Å²) in [5.74, 6) is 2.18. The fourth-order valence-electron chi connectivity index (χ4n) is 2.18. The molecule has 0 saturated carbocycles. The molecule has 0 spiro atoms. The molecule has 0 radical (unpaired) electrons. The van der Waals surface area contributed by atoms with E-state index < -0.39 is 11.5 Å². The average Bonchev–Trinajstić information content (AvgIpc) is 2.52. The molecule has 1 N–H and O–H groups in total. The molecule has 0 aliphatic heterocycles. The number of pyridine rings is 1. The number of aromatic nitrogens is 1. The molecule has 0 amide bonds. The Morgan fingerprint density at radius 2 is 2.30 bits per heavy atom. The van der Waals surface area contributed by atoms with Gasteiger partial charge in [0.05, 0.1) is 18.8 Å². The Hall–Kier alpha value is -1.91. The third-order valence-electron chi connectivity index (χ3n) is 3.51. The number of ether oxygens (including phenoxy) is 1. The molecule has 0 aliphatic rings. The summed E-state index contributed by atoms with van der Waals surface area (Å²) >= 11 is 4.21. The lowest BCUT2D eigenvalue weighted by atomic mass is 10.2. The van der Waals surface area contributed by atoms with E-state index in [-0.39, 0.29) is 24.0 Å². The third kappa shape index (κ3) is 5.05. The smallest absolute Gasteiger partial charge is 0.324 e. The molecule has 0 aromatic carbocycles. The van der Waals surface area contributed by atoms with Gasteiger partial charge in [0, 0.05) is 31.1 Å². The van der Waals surface area contributed by atoms with Gasteiger partial charge < -0.3 is 14.4 Å². The largest absolute Gasteiger partial charge is 0.503 e. The lowest BCUT2D eigenvalue weighted by molar-refractivity contribution is -0.148. The van der Waals surface area contributed by atoms with Crippen LogP contribution in [0.5, 0.6) is 5.75 Å². The Morgan fingerprint density at radius 3 is 2.87 bits per heavy atom. The van der Waals surface area contributed by atoms with E-state index in [2.05, 4.69) is 18.5 Å². The molecule has 126 valence electrons. The molecule has 1 atom stereocenters. The predicted octanol–water partition coefficient (Wildman–Crippen LogP) is 0.659. The van der Waals surface area contributed by atoms with Crippen molar-refractivity contribution >= 4 is 18.6 Å². The molecule has 6 nitrogen and oxygen atoms in total. The topological polar surface area (TPSA) is 71.8 Å². The van der Waals surface area contributed by atoms with Gasteiger partial charge in [0.1, 0.15) is 6.04 Å². The number of terminal acetylenes is 1. The van der Waals surface area contributed by atoms with Crippen LogP contribution >= 0.6 is 12.6 Å². The first kappa shape index (κ1) is 19.1.